The zero-order chi connectivity index (χ0) is 11.1. The molecular formula is C10H18N4S. The lowest BCUT2D eigenvalue weighted by Crippen LogP contribution is -2.23. The predicted octanol–water partition coefficient (Wildman–Crippen LogP) is 1.47. The topological polar surface area (TPSA) is 49.8 Å². The number of rotatable bonds is 6. The molecule has 1 unspecified atom stereocenters. The summed E-state index contributed by atoms with van der Waals surface area (Å²) in [6.07, 6.45) is 3.60. The van der Waals surface area contributed by atoms with Gasteiger partial charge < -0.3 is 10.6 Å². The van der Waals surface area contributed by atoms with Crippen LogP contribution in [0.1, 0.15) is 6.92 Å². The van der Waals surface area contributed by atoms with Gasteiger partial charge in [-0.3, -0.25) is 0 Å². The normalized spacial score (nSPS) is 12.5. The minimum atomic E-state index is 0.586. The molecule has 0 aliphatic carbocycles. The second-order valence-electron chi connectivity index (χ2n) is 3.49. The largest absolute Gasteiger partial charge is 0.370 e. The van der Waals surface area contributed by atoms with E-state index in [0.717, 1.165) is 23.9 Å². The van der Waals surface area contributed by atoms with Crippen LogP contribution in [-0.4, -0.2) is 36.4 Å². The Kier molecular flexibility index (Phi) is 5.42. The second kappa shape index (κ2) is 6.63. The average Bonchev–Trinajstić information content (AvgIpc) is 2.27. The number of nitrogens with one attached hydrogen (secondary N) is 2. The molecule has 0 saturated carbocycles. The highest BCUT2D eigenvalue weighted by molar-refractivity contribution is 7.98. The molecule has 0 fully saturated rings. The zero-order valence-electron chi connectivity index (χ0n) is 9.45. The van der Waals surface area contributed by atoms with Crippen molar-refractivity contribution in [1.29, 1.82) is 0 Å². The lowest BCUT2D eigenvalue weighted by atomic mass is 10.2. The molecule has 1 aromatic rings. The van der Waals surface area contributed by atoms with Crippen LogP contribution in [-0.2, 0) is 0 Å². The minimum absolute atomic E-state index is 0.586. The van der Waals surface area contributed by atoms with Gasteiger partial charge in [-0.05, 0) is 25.8 Å². The predicted molar refractivity (Wildman–Crippen MR) is 65.4 cm³/mol. The summed E-state index contributed by atoms with van der Waals surface area (Å²) in [5, 5.41) is 7.44. The number of thioether (sulfide) groups is 1. The van der Waals surface area contributed by atoms with Gasteiger partial charge in [0.05, 0.1) is 0 Å². The number of hydrogen-bond donors (Lipinski definition) is 2. The minimum Gasteiger partial charge on any atom is -0.370 e. The van der Waals surface area contributed by atoms with Gasteiger partial charge in [-0.15, -0.1) is 11.8 Å². The van der Waals surface area contributed by atoms with Gasteiger partial charge in [-0.1, -0.05) is 6.92 Å². The highest BCUT2D eigenvalue weighted by atomic mass is 32.2. The van der Waals surface area contributed by atoms with E-state index in [1.165, 1.54) is 0 Å². The Bertz CT molecular complexity index is 293. The van der Waals surface area contributed by atoms with Crippen LogP contribution >= 0.6 is 11.8 Å². The van der Waals surface area contributed by atoms with Gasteiger partial charge in [0.2, 0.25) is 0 Å². The Balaban J connectivity index is 2.43. The van der Waals surface area contributed by atoms with E-state index in [0.29, 0.717) is 5.92 Å². The molecule has 15 heavy (non-hydrogen) atoms. The van der Waals surface area contributed by atoms with Crippen LogP contribution in [0.5, 0.6) is 0 Å². The fraction of sp³-hybridized carbons (Fsp3) is 0.600. The van der Waals surface area contributed by atoms with Gasteiger partial charge in [0.25, 0.3) is 0 Å². The van der Waals surface area contributed by atoms with Gasteiger partial charge in [0, 0.05) is 12.6 Å². The maximum Gasteiger partial charge on any atom is 0.130 e. The van der Waals surface area contributed by atoms with Crippen molar-refractivity contribution in [3.8, 4) is 0 Å². The van der Waals surface area contributed by atoms with Crippen LogP contribution in [0.2, 0.25) is 0 Å². The monoisotopic (exact) mass is 226 g/mol. The third kappa shape index (κ3) is 4.48. The van der Waals surface area contributed by atoms with Crippen LogP contribution in [0, 0.1) is 5.92 Å². The number of hydrogen-bond acceptors (Lipinski definition) is 5. The van der Waals surface area contributed by atoms with Gasteiger partial charge in [-0.25, -0.2) is 9.97 Å². The van der Waals surface area contributed by atoms with Gasteiger partial charge in [-0.2, -0.15) is 0 Å². The van der Waals surface area contributed by atoms with Crippen molar-refractivity contribution < 1.29 is 0 Å². The van der Waals surface area contributed by atoms with E-state index in [-0.39, 0.29) is 0 Å². The van der Waals surface area contributed by atoms with Crippen molar-refractivity contribution >= 4 is 17.6 Å². The molecule has 5 heteroatoms. The molecular weight excluding hydrogens is 208 g/mol. The van der Waals surface area contributed by atoms with Gasteiger partial charge in [0.15, 0.2) is 0 Å². The molecule has 0 aliphatic rings. The molecule has 1 rings (SSSR count). The summed E-state index contributed by atoms with van der Waals surface area (Å²) in [4.78, 5) is 8.28. The molecule has 0 bridgehead atoms. The second-order valence-corrected chi connectivity index (χ2v) is 4.32. The lowest BCUT2D eigenvalue weighted by molar-refractivity contribution is 0.568. The summed E-state index contributed by atoms with van der Waals surface area (Å²) in [7, 11) is 1.97. The van der Waals surface area contributed by atoms with Crippen LogP contribution < -0.4 is 10.6 Å². The van der Waals surface area contributed by atoms with Crippen LogP contribution in [0.3, 0.4) is 0 Å². The molecule has 1 aromatic heterocycles. The molecule has 0 amide bonds. The number of aromatic nitrogens is 2. The third-order valence-electron chi connectivity index (χ3n) is 2.04. The van der Waals surface area contributed by atoms with Crippen molar-refractivity contribution in [2.24, 2.45) is 5.92 Å². The summed E-state index contributed by atoms with van der Waals surface area (Å²) in [6.45, 7) is 4.12. The molecule has 2 N–H and O–H groups in total. The molecule has 0 spiro atoms. The maximum absolute atomic E-state index is 4.16. The fourth-order valence-electron chi connectivity index (χ4n) is 1.25. The molecule has 0 radical (unpaired) electrons. The molecule has 84 valence electrons. The molecule has 0 aromatic carbocycles. The summed E-state index contributed by atoms with van der Waals surface area (Å²) < 4.78 is 0. The summed E-state index contributed by atoms with van der Waals surface area (Å²) in [6, 6.07) is 1.97. The Labute approximate surface area is 95.3 Å². The highest BCUT2D eigenvalue weighted by Crippen LogP contribution is 2.13. The summed E-state index contributed by atoms with van der Waals surface area (Å²) in [5.74, 6) is 1.49. The van der Waals surface area contributed by atoms with Crippen molar-refractivity contribution in [1.82, 2.24) is 15.3 Å². The maximum atomic E-state index is 4.16. The first-order chi connectivity index (χ1) is 7.26. The standard InChI is InChI=1S/C10H18N4S/c1-8(5-11-2)6-12-9-4-10(15-3)14-7-13-9/h4,7-8,11H,5-6H2,1-3H3,(H,12,13,14). The van der Waals surface area contributed by atoms with E-state index in [1.807, 2.05) is 19.4 Å². The fourth-order valence-corrected chi connectivity index (χ4v) is 1.63. The first-order valence-corrected chi connectivity index (χ1v) is 6.23. The number of anilines is 1. The summed E-state index contributed by atoms with van der Waals surface area (Å²) >= 11 is 1.62. The van der Waals surface area contributed by atoms with Crippen molar-refractivity contribution in [3.63, 3.8) is 0 Å². The SMILES string of the molecule is CNCC(C)CNc1cc(SC)ncn1. The van der Waals surface area contributed by atoms with Crippen molar-refractivity contribution in [3.05, 3.63) is 12.4 Å². The lowest BCUT2D eigenvalue weighted by Gasteiger charge is -2.12. The van der Waals surface area contributed by atoms with E-state index in [1.54, 1.807) is 18.1 Å². The average molecular weight is 226 g/mol. The first kappa shape index (κ1) is 12.3. The quantitative estimate of drug-likeness (QED) is 0.568. The van der Waals surface area contributed by atoms with E-state index in [2.05, 4.69) is 27.5 Å². The Morgan fingerprint density at radius 1 is 1.40 bits per heavy atom. The van der Waals surface area contributed by atoms with Gasteiger partial charge in [0.1, 0.15) is 17.2 Å². The zero-order valence-corrected chi connectivity index (χ0v) is 10.3. The summed E-state index contributed by atoms with van der Waals surface area (Å²) in [5.41, 5.74) is 0. The molecule has 0 saturated heterocycles. The third-order valence-corrected chi connectivity index (χ3v) is 2.68. The van der Waals surface area contributed by atoms with Crippen LogP contribution in [0.4, 0.5) is 5.82 Å². The van der Waals surface area contributed by atoms with E-state index in [4.69, 9.17) is 0 Å². The molecule has 1 atom stereocenters. The molecule has 4 nitrogen and oxygen atoms in total. The van der Waals surface area contributed by atoms with Crippen molar-refractivity contribution in [2.45, 2.75) is 11.9 Å². The van der Waals surface area contributed by atoms with Gasteiger partial charge >= 0.3 is 0 Å². The van der Waals surface area contributed by atoms with E-state index < -0.39 is 0 Å². The van der Waals surface area contributed by atoms with Crippen LogP contribution in [0.25, 0.3) is 0 Å². The Hall–Kier alpha value is -0.810. The Morgan fingerprint density at radius 2 is 2.20 bits per heavy atom. The molecule has 1 heterocycles. The smallest absolute Gasteiger partial charge is 0.130 e. The van der Waals surface area contributed by atoms with Crippen LogP contribution in [0.15, 0.2) is 17.4 Å². The van der Waals surface area contributed by atoms with Crippen molar-refractivity contribution in [2.75, 3.05) is 31.7 Å². The van der Waals surface area contributed by atoms with E-state index in [9.17, 15) is 0 Å². The highest BCUT2D eigenvalue weighted by Gasteiger charge is 2.01. The Morgan fingerprint density at radius 3 is 2.87 bits per heavy atom. The first-order valence-electron chi connectivity index (χ1n) is 5.00. The molecule has 0 aliphatic heterocycles. The van der Waals surface area contributed by atoms with E-state index >= 15 is 0 Å². The number of nitrogens with zero attached hydrogens (tertiary/aromatic N) is 2.